The van der Waals surface area contributed by atoms with E-state index in [1.54, 1.807) is 0 Å². The number of hydrogen-bond donors (Lipinski definition) is 1. The number of hydrogen-bond acceptors (Lipinski definition) is 3. The molecule has 2 atom stereocenters. The second-order valence-corrected chi connectivity index (χ2v) is 3.43. The summed E-state index contributed by atoms with van der Waals surface area (Å²) in [6, 6.07) is 0.562. The molecule has 0 saturated carbocycles. The van der Waals surface area contributed by atoms with Crippen molar-refractivity contribution in [2.75, 3.05) is 26.8 Å². The van der Waals surface area contributed by atoms with Gasteiger partial charge in [-0.25, -0.2) is 0 Å². The number of nitrogens with zero attached hydrogens (tertiary/aromatic N) is 1. The van der Waals surface area contributed by atoms with Crippen LogP contribution in [-0.2, 0) is 4.74 Å². The zero-order chi connectivity index (χ0) is 7.19. The third-order valence-corrected chi connectivity index (χ3v) is 2.64. The minimum atomic E-state index is -0.195. The molecular formula is C7H13NO2. The maximum atomic E-state index is 9.01. The van der Waals surface area contributed by atoms with Crippen molar-refractivity contribution >= 4 is 0 Å². The number of rotatable bonds is 1. The minimum absolute atomic E-state index is 0.174. The van der Waals surface area contributed by atoms with E-state index >= 15 is 0 Å². The van der Waals surface area contributed by atoms with Gasteiger partial charge in [-0.05, 0) is 13.5 Å². The molecule has 2 aliphatic heterocycles. The van der Waals surface area contributed by atoms with Gasteiger partial charge in [0, 0.05) is 12.6 Å². The third kappa shape index (κ3) is 0.713. The fourth-order valence-electron chi connectivity index (χ4n) is 1.96. The van der Waals surface area contributed by atoms with E-state index in [2.05, 4.69) is 11.9 Å². The first kappa shape index (κ1) is 6.58. The average molecular weight is 143 g/mol. The molecule has 2 saturated heterocycles. The van der Waals surface area contributed by atoms with Crippen LogP contribution in [0.4, 0.5) is 0 Å². The lowest BCUT2D eigenvalue weighted by Crippen LogP contribution is -2.42. The first-order valence-electron chi connectivity index (χ1n) is 3.71. The Morgan fingerprint density at radius 1 is 1.80 bits per heavy atom. The highest BCUT2D eigenvalue weighted by atomic mass is 16.5. The van der Waals surface area contributed by atoms with Crippen molar-refractivity contribution in [3.63, 3.8) is 0 Å². The summed E-state index contributed by atoms with van der Waals surface area (Å²) < 4.78 is 5.47. The van der Waals surface area contributed by atoms with E-state index in [4.69, 9.17) is 9.84 Å². The van der Waals surface area contributed by atoms with Crippen LogP contribution in [0.1, 0.15) is 6.42 Å². The Bertz CT molecular complexity index is 147. The number of fused-ring (bicyclic) bond motifs is 2. The van der Waals surface area contributed by atoms with Crippen molar-refractivity contribution in [2.45, 2.75) is 18.1 Å². The Kier molecular flexibility index (Phi) is 1.27. The maximum absolute atomic E-state index is 9.01. The van der Waals surface area contributed by atoms with Crippen LogP contribution in [0.5, 0.6) is 0 Å². The van der Waals surface area contributed by atoms with Crippen LogP contribution in [0.15, 0.2) is 0 Å². The lowest BCUT2D eigenvalue weighted by molar-refractivity contribution is -0.0682. The van der Waals surface area contributed by atoms with E-state index < -0.39 is 0 Å². The van der Waals surface area contributed by atoms with Crippen LogP contribution < -0.4 is 0 Å². The van der Waals surface area contributed by atoms with Gasteiger partial charge in [0.2, 0.25) is 0 Å². The molecule has 0 aromatic carbocycles. The number of likely N-dealkylation sites (tertiary alicyclic amines) is 1. The molecule has 3 heteroatoms. The van der Waals surface area contributed by atoms with Gasteiger partial charge in [0.25, 0.3) is 0 Å². The minimum Gasteiger partial charge on any atom is -0.393 e. The second-order valence-electron chi connectivity index (χ2n) is 3.43. The Balaban J connectivity index is 2.14. The van der Waals surface area contributed by atoms with Crippen molar-refractivity contribution in [3.8, 4) is 0 Å². The molecule has 0 aliphatic carbocycles. The summed E-state index contributed by atoms with van der Waals surface area (Å²) in [5, 5.41) is 9.01. The summed E-state index contributed by atoms with van der Waals surface area (Å²) in [7, 11) is 2.09. The van der Waals surface area contributed by atoms with E-state index in [1.807, 2.05) is 0 Å². The predicted octanol–water partition coefficient (Wildman–Crippen LogP) is -0.548. The van der Waals surface area contributed by atoms with Crippen molar-refractivity contribution in [1.29, 1.82) is 0 Å². The smallest absolute Gasteiger partial charge is 0.105 e. The van der Waals surface area contributed by atoms with Gasteiger partial charge in [-0.15, -0.1) is 0 Å². The van der Waals surface area contributed by atoms with Gasteiger partial charge in [-0.2, -0.15) is 0 Å². The summed E-state index contributed by atoms with van der Waals surface area (Å²) in [4.78, 5) is 2.26. The van der Waals surface area contributed by atoms with E-state index in [-0.39, 0.29) is 12.2 Å². The van der Waals surface area contributed by atoms with Crippen molar-refractivity contribution < 1.29 is 9.84 Å². The van der Waals surface area contributed by atoms with Crippen LogP contribution in [0.3, 0.4) is 0 Å². The van der Waals surface area contributed by atoms with Crippen LogP contribution in [-0.4, -0.2) is 48.5 Å². The molecule has 10 heavy (non-hydrogen) atoms. The number of likely N-dealkylation sites (N-methyl/N-ethyl adjacent to an activating group) is 1. The van der Waals surface area contributed by atoms with E-state index in [1.165, 1.54) is 0 Å². The Morgan fingerprint density at radius 3 is 2.90 bits per heavy atom. The molecule has 1 N–H and O–H groups in total. The summed E-state index contributed by atoms with van der Waals surface area (Å²) >= 11 is 0. The summed E-state index contributed by atoms with van der Waals surface area (Å²) in [6.45, 7) is 1.87. The second kappa shape index (κ2) is 1.94. The van der Waals surface area contributed by atoms with E-state index in [9.17, 15) is 0 Å². The highest BCUT2D eigenvalue weighted by molar-refractivity contribution is 5.01. The molecule has 0 aromatic rings. The SMILES string of the molecule is CN1CC2(CO)CC1CO2. The topological polar surface area (TPSA) is 32.7 Å². The van der Waals surface area contributed by atoms with Crippen LogP contribution >= 0.6 is 0 Å². The van der Waals surface area contributed by atoms with Gasteiger partial charge in [0.1, 0.15) is 5.60 Å². The number of aliphatic hydroxyl groups excluding tert-OH is 1. The third-order valence-electron chi connectivity index (χ3n) is 2.64. The van der Waals surface area contributed by atoms with E-state index in [0.717, 1.165) is 19.6 Å². The zero-order valence-corrected chi connectivity index (χ0v) is 6.21. The number of morpholine rings is 1. The summed E-state index contributed by atoms with van der Waals surface area (Å²) in [5.74, 6) is 0. The lowest BCUT2D eigenvalue weighted by atomic mass is 10.1. The lowest BCUT2D eigenvalue weighted by Gasteiger charge is -2.28. The highest BCUT2D eigenvalue weighted by Gasteiger charge is 2.48. The van der Waals surface area contributed by atoms with Gasteiger partial charge in [-0.3, -0.25) is 4.90 Å². The van der Waals surface area contributed by atoms with Crippen LogP contribution in [0, 0.1) is 0 Å². The molecule has 2 unspecified atom stereocenters. The van der Waals surface area contributed by atoms with Gasteiger partial charge < -0.3 is 9.84 Å². The normalized spacial score (nSPS) is 46.8. The average Bonchev–Trinajstić information content (AvgIpc) is 2.45. The fraction of sp³-hybridized carbons (Fsp3) is 1.00. The summed E-state index contributed by atoms with van der Waals surface area (Å²) in [6.07, 6.45) is 1.01. The molecule has 2 bridgehead atoms. The summed E-state index contributed by atoms with van der Waals surface area (Å²) in [5.41, 5.74) is -0.195. The molecular weight excluding hydrogens is 130 g/mol. The van der Waals surface area contributed by atoms with Crippen LogP contribution in [0.2, 0.25) is 0 Å². The number of ether oxygens (including phenoxy) is 1. The highest BCUT2D eigenvalue weighted by Crippen LogP contribution is 2.35. The van der Waals surface area contributed by atoms with Gasteiger partial charge in [-0.1, -0.05) is 0 Å². The maximum Gasteiger partial charge on any atom is 0.105 e. The largest absolute Gasteiger partial charge is 0.393 e. The molecule has 0 amide bonds. The first-order chi connectivity index (χ1) is 4.76. The molecule has 0 radical (unpaired) electrons. The van der Waals surface area contributed by atoms with Crippen LogP contribution in [0.25, 0.3) is 0 Å². The standard InChI is InChI=1S/C7H13NO2/c1-8-4-7(5-9)2-6(8)3-10-7/h6,9H,2-5H2,1H3. The molecule has 2 fully saturated rings. The molecule has 0 spiro atoms. The fourth-order valence-corrected chi connectivity index (χ4v) is 1.96. The quantitative estimate of drug-likeness (QED) is 0.534. The zero-order valence-electron chi connectivity index (χ0n) is 6.21. The van der Waals surface area contributed by atoms with E-state index in [0.29, 0.717) is 6.04 Å². The Morgan fingerprint density at radius 2 is 2.60 bits per heavy atom. The monoisotopic (exact) mass is 143 g/mol. The predicted molar refractivity (Wildman–Crippen MR) is 36.8 cm³/mol. The van der Waals surface area contributed by atoms with Crippen molar-refractivity contribution in [2.24, 2.45) is 0 Å². The van der Waals surface area contributed by atoms with Crippen molar-refractivity contribution in [3.05, 3.63) is 0 Å². The van der Waals surface area contributed by atoms with Gasteiger partial charge >= 0.3 is 0 Å². The Hall–Kier alpha value is -0.120. The van der Waals surface area contributed by atoms with Gasteiger partial charge in [0.15, 0.2) is 0 Å². The number of aliphatic hydroxyl groups is 1. The molecule has 2 heterocycles. The van der Waals surface area contributed by atoms with Crippen molar-refractivity contribution in [1.82, 2.24) is 4.90 Å². The molecule has 58 valence electrons. The molecule has 3 nitrogen and oxygen atoms in total. The Labute approximate surface area is 60.6 Å². The molecule has 0 aromatic heterocycles. The molecule has 2 aliphatic rings. The first-order valence-corrected chi connectivity index (χ1v) is 3.71. The van der Waals surface area contributed by atoms with Gasteiger partial charge in [0.05, 0.1) is 13.2 Å². The molecule has 2 rings (SSSR count).